The van der Waals surface area contributed by atoms with Gasteiger partial charge in [0, 0.05) is 17.0 Å². The minimum absolute atomic E-state index is 0.0360. The molecule has 0 aliphatic heterocycles. The molecule has 6 rings (SSSR count). The van der Waals surface area contributed by atoms with Crippen LogP contribution >= 0.6 is 11.3 Å². The average Bonchev–Trinajstić information content (AvgIpc) is 3.26. The van der Waals surface area contributed by atoms with Crippen LogP contribution < -0.4 is 10.3 Å². The lowest BCUT2D eigenvalue weighted by atomic mass is 9.97. The number of thiophene rings is 1. The molecule has 1 aliphatic carbocycles. The molecule has 2 aromatic heterocycles. The van der Waals surface area contributed by atoms with E-state index in [4.69, 9.17) is 9.72 Å². The molecule has 0 amide bonds. The van der Waals surface area contributed by atoms with Crippen LogP contribution in [0.5, 0.6) is 5.75 Å². The molecule has 0 fully saturated rings. The maximum absolute atomic E-state index is 13.2. The summed E-state index contributed by atoms with van der Waals surface area (Å²) in [6, 6.07) is 18.1. The zero-order valence-electron chi connectivity index (χ0n) is 18.7. The Kier molecular flexibility index (Phi) is 5.30. The van der Waals surface area contributed by atoms with Gasteiger partial charge in [0.25, 0.3) is 11.2 Å². The van der Waals surface area contributed by atoms with Gasteiger partial charge in [0.15, 0.2) is 0 Å². The highest BCUT2D eigenvalue weighted by molar-refractivity contribution is 7.18. The van der Waals surface area contributed by atoms with Gasteiger partial charge in [-0.3, -0.25) is 14.9 Å². The number of aryl methyl sites for hydroxylation is 2. The molecule has 8 heteroatoms. The van der Waals surface area contributed by atoms with Crippen LogP contribution in [-0.2, 0) is 19.4 Å². The Balaban J connectivity index is 1.45. The number of fused-ring (bicyclic) bond motifs is 4. The monoisotopic (exact) mass is 483 g/mol. The van der Waals surface area contributed by atoms with Crippen molar-refractivity contribution in [3.8, 4) is 17.1 Å². The lowest BCUT2D eigenvalue weighted by Crippen LogP contribution is -2.11. The van der Waals surface area contributed by atoms with Gasteiger partial charge >= 0.3 is 0 Å². The van der Waals surface area contributed by atoms with Crippen molar-refractivity contribution in [3.05, 3.63) is 97.1 Å². The zero-order chi connectivity index (χ0) is 23.9. The third kappa shape index (κ3) is 3.85. The number of nitro benzene ring substituents is 1. The molecular formula is C27H21N3O4S. The van der Waals surface area contributed by atoms with Gasteiger partial charge in [-0.15, -0.1) is 11.3 Å². The number of aromatic nitrogens is 2. The fraction of sp³-hybridized carbons (Fsp3) is 0.185. The Morgan fingerprint density at radius 1 is 1.03 bits per heavy atom. The maximum Gasteiger partial charge on any atom is 0.269 e. The number of ether oxygens (including phenoxy) is 1. The standard InChI is InChI=1S/C27H21N3O4S/c31-26-24-20-7-3-4-8-22(20)35-27(24)29-25(28-26)23-19-6-2-1-5-17(19)11-14-21(23)34-15-16-9-12-18(13-10-16)30(32)33/h1-2,5-6,9-14H,3-4,7-8,15H2,(H,28,29,31). The summed E-state index contributed by atoms with van der Waals surface area (Å²) in [6.45, 7) is 0.225. The summed E-state index contributed by atoms with van der Waals surface area (Å²) < 4.78 is 6.19. The molecule has 1 N–H and O–H groups in total. The van der Waals surface area contributed by atoms with Gasteiger partial charge in [-0.2, -0.15) is 0 Å². The van der Waals surface area contributed by atoms with Crippen molar-refractivity contribution in [2.45, 2.75) is 32.3 Å². The summed E-state index contributed by atoms with van der Waals surface area (Å²) in [5, 5.41) is 13.6. The number of nitrogens with one attached hydrogen (secondary N) is 1. The van der Waals surface area contributed by atoms with E-state index in [9.17, 15) is 14.9 Å². The fourth-order valence-corrected chi connectivity index (χ4v) is 6.04. The summed E-state index contributed by atoms with van der Waals surface area (Å²) in [5.74, 6) is 1.07. The average molecular weight is 484 g/mol. The molecule has 174 valence electrons. The smallest absolute Gasteiger partial charge is 0.269 e. The minimum Gasteiger partial charge on any atom is -0.488 e. The van der Waals surface area contributed by atoms with Gasteiger partial charge in [0.1, 0.15) is 23.0 Å². The molecule has 5 aromatic rings. The van der Waals surface area contributed by atoms with Gasteiger partial charge in [0.05, 0.1) is 15.9 Å². The number of H-pyrrole nitrogens is 1. The van der Waals surface area contributed by atoms with Crippen molar-refractivity contribution in [2.75, 3.05) is 0 Å². The molecule has 0 radical (unpaired) electrons. The van der Waals surface area contributed by atoms with Crippen molar-refractivity contribution in [2.24, 2.45) is 0 Å². The number of rotatable bonds is 5. The molecule has 0 saturated carbocycles. The van der Waals surface area contributed by atoms with Crippen molar-refractivity contribution in [3.63, 3.8) is 0 Å². The van der Waals surface area contributed by atoms with Crippen LogP contribution in [0, 0.1) is 10.1 Å². The van der Waals surface area contributed by atoms with E-state index in [-0.39, 0.29) is 17.9 Å². The van der Waals surface area contributed by atoms with E-state index in [0.717, 1.165) is 63.4 Å². The molecule has 0 spiro atoms. The Morgan fingerprint density at radius 3 is 2.66 bits per heavy atom. The first-order chi connectivity index (χ1) is 17.1. The van der Waals surface area contributed by atoms with E-state index in [1.165, 1.54) is 17.0 Å². The van der Waals surface area contributed by atoms with Crippen molar-refractivity contribution >= 4 is 38.0 Å². The first-order valence-electron chi connectivity index (χ1n) is 11.5. The molecule has 35 heavy (non-hydrogen) atoms. The topological polar surface area (TPSA) is 98.1 Å². The Labute approximate surface area is 204 Å². The normalized spacial score (nSPS) is 13.1. The Bertz CT molecular complexity index is 1650. The van der Waals surface area contributed by atoms with Crippen LogP contribution in [0.2, 0.25) is 0 Å². The molecule has 3 aromatic carbocycles. The quantitative estimate of drug-likeness (QED) is 0.238. The molecular weight excluding hydrogens is 462 g/mol. The largest absolute Gasteiger partial charge is 0.488 e. The first-order valence-corrected chi connectivity index (χ1v) is 12.3. The molecule has 1 aliphatic rings. The van der Waals surface area contributed by atoms with Gasteiger partial charge in [-0.1, -0.05) is 30.3 Å². The lowest BCUT2D eigenvalue weighted by Gasteiger charge is -2.14. The highest BCUT2D eigenvalue weighted by atomic mass is 32.1. The number of nitro groups is 1. The lowest BCUT2D eigenvalue weighted by molar-refractivity contribution is -0.384. The summed E-state index contributed by atoms with van der Waals surface area (Å²) >= 11 is 1.62. The summed E-state index contributed by atoms with van der Waals surface area (Å²) in [4.78, 5) is 33.7. The fourth-order valence-electron chi connectivity index (χ4n) is 4.77. The van der Waals surface area contributed by atoms with E-state index in [0.29, 0.717) is 11.6 Å². The van der Waals surface area contributed by atoms with Gasteiger partial charge in [-0.05, 0) is 65.8 Å². The van der Waals surface area contributed by atoms with Crippen LogP contribution in [0.25, 0.3) is 32.4 Å². The van der Waals surface area contributed by atoms with Crippen molar-refractivity contribution in [1.82, 2.24) is 9.97 Å². The third-order valence-electron chi connectivity index (χ3n) is 6.49. The molecule has 7 nitrogen and oxygen atoms in total. The Hall–Kier alpha value is -4.04. The molecule has 0 saturated heterocycles. The SMILES string of the molecule is O=c1[nH]c(-c2c(OCc3ccc([N+](=O)[O-])cc3)ccc3ccccc23)nc2sc3c(c12)CCCC3. The third-order valence-corrected chi connectivity index (χ3v) is 7.68. The Morgan fingerprint density at radius 2 is 1.83 bits per heavy atom. The second-order valence-corrected chi connectivity index (χ2v) is 9.76. The van der Waals surface area contributed by atoms with Gasteiger partial charge in [-0.25, -0.2) is 4.98 Å². The number of benzene rings is 3. The van der Waals surface area contributed by atoms with E-state index in [1.54, 1.807) is 23.5 Å². The van der Waals surface area contributed by atoms with Crippen LogP contribution in [0.15, 0.2) is 65.5 Å². The predicted octanol–water partition coefficient (Wildman–Crippen LogP) is 6.17. The highest BCUT2D eigenvalue weighted by Crippen LogP contribution is 2.38. The summed E-state index contributed by atoms with van der Waals surface area (Å²) in [5.41, 5.74) is 2.62. The van der Waals surface area contributed by atoms with Gasteiger partial charge < -0.3 is 9.72 Å². The van der Waals surface area contributed by atoms with E-state index < -0.39 is 4.92 Å². The number of non-ortho nitro benzene ring substituents is 1. The van der Waals surface area contributed by atoms with Crippen molar-refractivity contribution in [1.29, 1.82) is 0 Å². The summed E-state index contributed by atoms with van der Waals surface area (Å²) in [6.07, 6.45) is 4.18. The number of aromatic amines is 1. The van der Waals surface area contributed by atoms with Crippen LogP contribution in [-0.4, -0.2) is 14.9 Å². The first kappa shape index (κ1) is 21.5. The number of hydrogen-bond acceptors (Lipinski definition) is 6. The highest BCUT2D eigenvalue weighted by Gasteiger charge is 2.22. The van der Waals surface area contributed by atoms with E-state index in [2.05, 4.69) is 4.98 Å². The zero-order valence-corrected chi connectivity index (χ0v) is 19.6. The minimum atomic E-state index is -0.424. The van der Waals surface area contributed by atoms with Crippen LogP contribution in [0.1, 0.15) is 28.8 Å². The van der Waals surface area contributed by atoms with Crippen LogP contribution in [0.4, 0.5) is 5.69 Å². The predicted molar refractivity (Wildman–Crippen MR) is 137 cm³/mol. The summed E-state index contributed by atoms with van der Waals surface area (Å²) in [7, 11) is 0. The number of hydrogen-bond donors (Lipinski definition) is 1. The molecule has 0 unspecified atom stereocenters. The second-order valence-electron chi connectivity index (χ2n) is 8.68. The number of nitrogens with zero attached hydrogens (tertiary/aromatic N) is 2. The maximum atomic E-state index is 13.2. The van der Waals surface area contributed by atoms with Crippen LogP contribution in [0.3, 0.4) is 0 Å². The van der Waals surface area contributed by atoms with E-state index in [1.807, 2.05) is 36.4 Å². The second kappa shape index (κ2) is 8.63. The van der Waals surface area contributed by atoms with Gasteiger partial charge in [0.2, 0.25) is 0 Å². The molecule has 0 bridgehead atoms. The van der Waals surface area contributed by atoms with E-state index >= 15 is 0 Å². The molecule has 2 heterocycles. The molecule has 0 atom stereocenters. The van der Waals surface area contributed by atoms with Crippen molar-refractivity contribution < 1.29 is 9.66 Å².